The molecule has 0 saturated heterocycles. The van der Waals surface area contributed by atoms with Crippen LogP contribution in [0.5, 0.6) is 34.5 Å². The molecule has 8 N–H and O–H groups in total. The predicted octanol–water partition coefficient (Wildman–Crippen LogP) is 10.9. The normalized spacial score (nSPS) is 16.8. The van der Waals surface area contributed by atoms with E-state index >= 15 is 0 Å². The van der Waals surface area contributed by atoms with E-state index in [4.69, 9.17) is 78.4 Å². The van der Waals surface area contributed by atoms with Gasteiger partial charge in [0.1, 0.15) is 34.5 Å². The molecule has 13 nitrogen and oxygen atoms in total. The molecule has 1 heterocycles. The zero-order chi connectivity index (χ0) is 37.7. The number of benzene rings is 6. The molecule has 2 unspecified atom stereocenters. The average Bonchev–Trinajstić information content (AvgIpc) is 3.16. The van der Waals surface area contributed by atoms with E-state index in [2.05, 4.69) is 0 Å². The topological polar surface area (TPSA) is 178 Å². The molecule has 1 aliphatic rings. The van der Waals surface area contributed by atoms with Gasteiger partial charge in [-0.25, -0.2) is 0 Å². The molecule has 1 aliphatic heterocycles. The Morgan fingerprint density at radius 1 is 0.444 bits per heavy atom. The van der Waals surface area contributed by atoms with Crippen molar-refractivity contribution in [3.8, 4) is 34.5 Å². The number of hydrogen-bond acceptors (Lipinski definition) is 13. The Bertz CT molecular complexity index is 2170. The second-order valence-corrected chi connectivity index (χ2v) is 17.7. The summed E-state index contributed by atoms with van der Waals surface area (Å²) < 4.78 is 35.4. The van der Waals surface area contributed by atoms with Crippen molar-refractivity contribution in [3.63, 3.8) is 0 Å². The number of hydrogen-bond donors (Lipinski definition) is 4. The highest BCUT2D eigenvalue weighted by Crippen LogP contribution is 2.77. The highest BCUT2D eigenvalue weighted by molar-refractivity contribution is 7.78. The number of nitrogens with zero attached hydrogens (tertiary/aromatic N) is 3. The largest absolute Gasteiger partial charge is 0.447 e. The Labute approximate surface area is 323 Å². The lowest BCUT2D eigenvalue weighted by Crippen LogP contribution is -2.37. The first-order chi connectivity index (χ1) is 26.1. The van der Waals surface area contributed by atoms with E-state index in [1.165, 1.54) is 9.21 Å². The molecule has 6 aromatic carbocycles. The van der Waals surface area contributed by atoms with Crippen molar-refractivity contribution in [1.82, 2.24) is 9.21 Å². The van der Waals surface area contributed by atoms with Gasteiger partial charge in [0.2, 0.25) is 0 Å². The van der Waals surface area contributed by atoms with Crippen LogP contribution in [0, 0.1) is 0 Å². The van der Waals surface area contributed by atoms with Crippen LogP contribution in [0.3, 0.4) is 0 Å². The zero-order valence-corrected chi connectivity index (χ0v) is 32.2. The molecular weight excluding hydrogens is 790 g/mol. The second-order valence-electron chi connectivity index (χ2n) is 11.3. The number of nitrogens with two attached hydrogens (primary N) is 4. The fourth-order valence-corrected chi connectivity index (χ4v) is 12.3. The summed E-state index contributed by atoms with van der Waals surface area (Å²) in [6.45, 7) is 0. The van der Waals surface area contributed by atoms with Crippen molar-refractivity contribution in [2.45, 2.75) is 0 Å². The summed E-state index contributed by atoms with van der Waals surface area (Å²) in [6, 6.07) is 40.8. The third kappa shape index (κ3) is 9.16. The van der Waals surface area contributed by atoms with Gasteiger partial charge in [-0.05, 0) is 146 Å². The lowest BCUT2D eigenvalue weighted by molar-refractivity contribution is 0.0546. The van der Waals surface area contributed by atoms with Crippen molar-refractivity contribution in [1.29, 1.82) is 0 Å². The summed E-state index contributed by atoms with van der Waals surface area (Å²) in [4.78, 5) is 13.3. The van der Waals surface area contributed by atoms with Gasteiger partial charge < -0.3 is 50.7 Å². The highest BCUT2D eigenvalue weighted by atomic mass is 35.5. The maximum atomic E-state index is 6.87. The van der Waals surface area contributed by atoms with Crippen LogP contribution in [0.2, 0.25) is 10.0 Å². The summed E-state index contributed by atoms with van der Waals surface area (Å²) in [6.07, 6.45) is 0. The molecule has 0 fully saturated rings. The van der Waals surface area contributed by atoms with Crippen molar-refractivity contribution >= 4 is 70.5 Å². The van der Waals surface area contributed by atoms with Gasteiger partial charge in [-0.15, -0.1) is 4.52 Å². The van der Waals surface area contributed by atoms with E-state index in [1.54, 1.807) is 146 Å². The molecule has 6 aromatic rings. The van der Waals surface area contributed by atoms with Crippen LogP contribution in [-0.4, -0.2) is 9.21 Å². The Balaban J connectivity index is 1.48. The van der Waals surface area contributed by atoms with Crippen molar-refractivity contribution in [2.75, 3.05) is 22.9 Å². The molecule has 7 rings (SSSR count). The van der Waals surface area contributed by atoms with Gasteiger partial charge in [0.15, 0.2) is 0 Å². The lowest BCUT2D eigenvalue weighted by atomic mass is 10.3. The van der Waals surface area contributed by atoms with Gasteiger partial charge in [0.05, 0.1) is 0 Å². The molecular formula is C36H32Cl2N7O6P3. The Morgan fingerprint density at radius 3 is 1.22 bits per heavy atom. The standard InChI is InChI=1S/C36H32Cl2N7O6P3/c37-25-1-13-35(14-2-25)50-54(51-36-15-3-26(38)4-16-36)43-52(48-33-21-9-29(41)10-22-33)44(46-31-17-5-27(39)6-18-31)53(49-34-23-11-30(42)12-24-34)45(54)47-32-19-7-28(40)8-20-32/h1-24H,39-42H2. The summed E-state index contributed by atoms with van der Waals surface area (Å²) in [5, 5.41) is 0.990. The first kappa shape index (κ1) is 37.2. The van der Waals surface area contributed by atoms with Crippen LogP contribution >= 0.6 is 47.8 Å². The highest BCUT2D eigenvalue weighted by Gasteiger charge is 2.58. The van der Waals surface area contributed by atoms with Crippen LogP contribution in [0.15, 0.2) is 150 Å². The smallest absolute Gasteiger partial charge is 0.440 e. The SMILES string of the molecule is Nc1ccc(ON2P(Oc3ccc(N)cc3)N=P(Oc3ccc(Cl)cc3)(Oc3ccc(Cl)cc3)N(Oc3ccc(N)cc3)P2Oc2ccc(N)cc2)cc1. The van der Waals surface area contributed by atoms with E-state index in [0.717, 1.165) is 0 Å². The molecule has 2 atom stereocenters. The first-order valence-electron chi connectivity index (χ1n) is 16.0. The number of halogens is 2. The molecule has 0 aliphatic carbocycles. The Morgan fingerprint density at radius 2 is 0.796 bits per heavy atom. The van der Waals surface area contributed by atoms with Gasteiger partial charge >= 0.3 is 24.6 Å². The second kappa shape index (κ2) is 16.5. The van der Waals surface area contributed by atoms with Crippen LogP contribution in [-0.2, 0) is 0 Å². The monoisotopic (exact) mass is 821 g/mol. The minimum atomic E-state index is -3.97. The van der Waals surface area contributed by atoms with Crippen molar-refractivity contribution in [3.05, 3.63) is 156 Å². The van der Waals surface area contributed by atoms with Crippen molar-refractivity contribution < 1.29 is 27.8 Å². The van der Waals surface area contributed by atoms with Gasteiger partial charge in [-0.1, -0.05) is 23.2 Å². The third-order valence-corrected chi connectivity index (χ3v) is 14.5. The predicted molar refractivity (Wildman–Crippen MR) is 217 cm³/mol. The molecule has 0 bridgehead atoms. The molecule has 0 aromatic heterocycles. The lowest BCUT2D eigenvalue weighted by Gasteiger charge is -2.43. The number of rotatable bonds is 12. The van der Waals surface area contributed by atoms with Crippen LogP contribution in [0.4, 0.5) is 22.7 Å². The quantitative estimate of drug-likeness (QED) is 0.0679. The fraction of sp³-hybridized carbons (Fsp3) is 0. The molecule has 54 heavy (non-hydrogen) atoms. The molecule has 0 saturated carbocycles. The van der Waals surface area contributed by atoms with Gasteiger partial charge in [-0.3, -0.25) is 0 Å². The Hall–Kier alpha value is -5.09. The van der Waals surface area contributed by atoms with Gasteiger partial charge in [-0.2, -0.15) is 0 Å². The fourth-order valence-electron chi connectivity index (χ4n) is 4.55. The zero-order valence-electron chi connectivity index (χ0n) is 28.1. The van der Waals surface area contributed by atoms with E-state index in [-0.39, 0.29) is 0 Å². The van der Waals surface area contributed by atoms with Crippen molar-refractivity contribution in [2.24, 2.45) is 4.52 Å². The van der Waals surface area contributed by atoms with E-state index in [1.807, 2.05) is 0 Å². The van der Waals surface area contributed by atoms with Gasteiger partial charge in [0, 0.05) is 42.0 Å². The summed E-state index contributed by atoms with van der Waals surface area (Å²) in [5.74, 6) is 2.30. The summed E-state index contributed by atoms with van der Waals surface area (Å²) >= 11 is 12.6. The Kier molecular flexibility index (Phi) is 11.4. The minimum Gasteiger partial charge on any atom is -0.440 e. The van der Waals surface area contributed by atoms with E-state index in [9.17, 15) is 0 Å². The van der Waals surface area contributed by atoms with E-state index < -0.39 is 24.6 Å². The minimum absolute atomic E-state index is 0.356. The van der Waals surface area contributed by atoms with E-state index in [0.29, 0.717) is 67.3 Å². The van der Waals surface area contributed by atoms with Gasteiger partial charge in [0.25, 0.3) is 0 Å². The molecule has 0 amide bonds. The third-order valence-electron chi connectivity index (χ3n) is 7.19. The first-order valence-corrected chi connectivity index (χ1v) is 20.6. The number of nitrogen functional groups attached to an aromatic ring is 4. The molecule has 0 spiro atoms. The van der Waals surface area contributed by atoms with Crippen LogP contribution in [0.1, 0.15) is 0 Å². The molecule has 276 valence electrons. The maximum absolute atomic E-state index is 6.87. The molecule has 18 heteroatoms. The van der Waals surface area contributed by atoms with Crippen LogP contribution < -0.4 is 50.7 Å². The summed E-state index contributed by atoms with van der Waals surface area (Å²) in [5.41, 5.74) is 26.3. The average molecular weight is 823 g/mol. The number of anilines is 4. The molecule has 0 radical (unpaired) electrons. The maximum Gasteiger partial charge on any atom is 0.447 e. The van der Waals surface area contributed by atoms with Crippen LogP contribution in [0.25, 0.3) is 0 Å². The summed E-state index contributed by atoms with van der Waals surface area (Å²) in [7, 11) is -8.55.